The molecule has 0 saturated heterocycles. The van der Waals surface area contributed by atoms with Gasteiger partial charge in [0, 0.05) is 0 Å². The molecule has 1 aromatic carbocycles. The Hall–Kier alpha value is -0.820. The molecule has 2 rings (SSSR count). The van der Waals surface area contributed by atoms with Gasteiger partial charge in [-0.1, -0.05) is 30.7 Å². The number of rotatable bonds is 4. The summed E-state index contributed by atoms with van der Waals surface area (Å²) in [6.45, 7) is 0.842. The second-order valence-electron chi connectivity index (χ2n) is 4.22. The lowest BCUT2D eigenvalue weighted by Gasteiger charge is -2.10. The lowest BCUT2D eigenvalue weighted by molar-refractivity contribution is 0.570. The van der Waals surface area contributed by atoms with Gasteiger partial charge in [-0.05, 0) is 49.3 Å². The zero-order valence-corrected chi connectivity index (χ0v) is 8.71. The van der Waals surface area contributed by atoms with E-state index >= 15 is 0 Å². The first-order chi connectivity index (χ1) is 6.92. The Kier molecular flexibility index (Phi) is 3.20. The Morgan fingerprint density at radius 3 is 2.93 bits per heavy atom. The van der Waals surface area contributed by atoms with Gasteiger partial charge in [0.25, 0.3) is 0 Å². The van der Waals surface area contributed by atoms with Crippen LogP contribution < -0.4 is 5.73 Å². The van der Waals surface area contributed by atoms with Gasteiger partial charge in [0.05, 0.1) is 0 Å². The van der Waals surface area contributed by atoms with Gasteiger partial charge in [0.1, 0.15) is 0 Å². The van der Waals surface area contributed by atoms with E-state index in [0.29, 0.717) is 0 Å². The molecule has 1 aliphatic carbocycles. The minimum absolute atomic E-state index is 0.817. The summed E-state index contributed by atoms with van der Waals surface area (Å²) in [4.78, 5) is 0. The maximum atomic E-state index is 5.51. The molecule has 0 bridgehead atoms. The van der Waals surface area contributed by atoms with Gasteiger partial charge in [-0.15, -0.1) is 0 Å². The lowest BCUT2D eigenvalue weighted by atomic mass is 9.95. The average molecular weight is 189 g/mol. The van der Waals surface area contributed by atoms with E-state index in [1.165, 1.54) is 32.1 Å². The van der Waals surface area contributed by atoms with Crippen LogP contribution in [-0.4, -0.2) is 6.54 Å². The molecule has 0 radical (unpaired) electrons. The largest absolute Gasteiger partial charge is 0.330 e. The highest BCUT2D eigenvalue weighted by atomic mass is 14.5. The summed E-state index contributed by atoms with van der Waals surface area (Å²) in [6, 6.07) is 8.90. The Bertz CT molecular complexity index is 293. The van der Waals surface area contributed by atoms with E-state index in [4.69, 9.17) is 5.73 Å². The molecule has 0 spiro atoms. The van der Waals surface area contributed by atoms with E-state index in [9.17, 15) is 0 Å². The number of hydrogen-bond donors (Lipinski definition) is 1. The molecule has 0 amide bonds. The van der Waals surface area contributed by atoms with E-state index < -0.39 is 0 Å². The summed E-state index contributed by atoms with van der Waals surface area (Å²) in [7, 11) is 0. The van der Waals surface area contributed by atoms with E-state index in [-0.39, 0.29) is 0 Å². The highest BCUT2D eigenvalue weighted by molar-refractivity contribution is 5.34. The summed E-state index contributed by atoms with van der Waals surface area (Å²) < 4.78 is 0. The Labute approximate surface area is 86.3 Å². The molecule has 2 N–H and O–H groups in total. The van der Waals surface area contributed by atoms with Crippen LogP contribution in [0.25, 0.3) is 0 Å². The van der Waals surface area contributed by atoms with Crippen LogP contribution in [0.4, 0.5) is 0 Å². The second kappa shape index (κ2) is 4.61. The predicted molar refractivity (Wildman–Crippen MR) is 60.4 cm³/mol. The Morgan fingerprint density at radius 2 is 2.07 bits per heavy atom. The van der Waals surface area contributed by atoms with Crippen LogP contribution in [0.3, 0.4) is 0 Å². The molecular formula is C13H19N. The maximum Gasteiger partial charge on any atom is -0.00773 e. The molecule has 0 saturated carbocycles. The number of aryl methyl sites for hydroxylation is 1. The molecule has 1 aromatic rings. The molecule has 1 unspecified atom stereocenters. The van der Waals surface area contributed by atoms with Gasteiger partial charge in [-0.3, -0.25) is 0 Å². The molecule has 0 heterocycles. The van der Waals surface area contributed by atoms with Crippen molar-refractivity contribution in [3.8, 4) is 0 Å². The summed E-state index contributed by atoms with van der Waals surface area (Å²) in [6.07, 6.45) is 6.43. The van der Waals surface area contributed by atoms with Crippen molar-refractivity contribution >= 4 is 0 Å². The summed E-state index contributed by atoms with van der Waals surface area (Å²) >= 11 is 0. The lowest BCUT2D eigenvalue weighted by Crippen LogP contribution is -2.00. The van der Waals surface area contributed by atoms with Crippen LogP contribution in [0.1, 0.15) is 42.7 Å². The van der Waals surface area contributed by atoms with Crippen LogP contribution >= 0.6 is 0 Å². The van der Waals surface area contributed by atoms with Crippen molar-refractivity contribution in [3.63, 3.8) is 0 Å². The third-order valence-corrected chi connectivity index (χ3v) is 3.26. The summed E-state index contributed by atoms with van der Waals surface area (Å²) in [5, 5.41) is 0. The van der Waals surface area contributed by atoms with Crippen LogP contribution in [0.2, 0.25) is 0 Å². The Morgan fingerprint density at radius 1 is 1.21 bits per heavy atom. The van der Waals surface area contributed by atoms with Crippen molar-refractivity contribution in [2.24, 2.45) is 5.73 Å². The first-order valence-corrected chi connectivity index (χ1v) is 5.69. The van der Waals surface area contributed by atoms with Gasteiger partial charge in [-0.2, -0.15) is 0 Å². The number of nitrogens with two attached hydrogens (primary N) is 1. The van der Waals surface area contributed by atoms with Gasteiger partial charge < -0.3 is 5.73 Å². The average Bonchev–Trinajstić information content (AvgIpc) is 2.63. The van der Waals surface area contributed by atoms with Crippen LogP contribution in [0, 0.1) is 0 Å². The molecule has 1 atom stereocenters. The van der Waals surface area contributed by atoms with Crippen molar-refractivity contribution in [1.82, 2.24) is 0 Å². The predicted octanol–water partition coefficient (Wildman–Crippen LogP) is 2.85. The van der Waals surface area contributed by atoms with Crippen molar-refractivity contribution in [3.05, 3.63) is 35.4 Å². The molecule has 1 aliphatic rings. The maximum absolute atomic E-state index is 5.51. The second-order valence-corrected chi connectivity index (χ2v) is 4.22. The fraction of sp³-hybridized carbons (Fsp3) is 0.538. The number of fused-ring (bicyclic) bond motifs is 1. The van der Waals surface area contributed by atoms with Crippen LogP contribution in [-0.2, 0) is 6.42 Å². The molecule has 0 fully saturated rings. The molecule has 0 aliphatic heterocycles. The standard InChI is InChI=1S/C13H19N/c14-10-4-3-6-12-9-8-11-5-1-2-7-13(11)12/h1-2,5,7,12H,3-4,6,8-10,14H2. The SMILES string of the molecule is NCCCCC1CCc2ccccc21. The third kappa shape index (κ3) is 1.98. The van der Waals surface area contributed by atoms with E-state index in [1.54, 1.807) is 11.1 Å². The topological polar surface area (TPSA) is 26.0 Å². The number of benzene rings is 1. The minimum Gasteiger partial charge on any atom is -0.330 e. The van der Waals surface area contributed by atoms with Gasteiger partial charge in [0.15, 0.2) is 0 Å². The third-order valence-electron chi connectivity index (χ3n) is 3.26. The van der Waals surface area contributed by atoms with E-state index in [2.05, 4.69) is 24.3 Å². The minimum atomic E-state index is 0.817. The zero-order chi connectivity index (χ0) is 9.80. The molecule has 0 aromatic heterocycles. The van der Waals surface area contributed by atoms with E-state index in [1.807, 2.05) is 0 Å². The number of hydrogen-bond acceptors (Lipinski definition) is 1. The van der Waals surface area contributed by atoms with Crippen molar-refractivity contribution in [2.45, 2.75) is 38.0 Å². The zero-order valence-electron chi connectivity index (χ0n) is 8.71. The number of unbranched alkanes of at least 4 members (excludes halogenated alkanes) is 1. The van der Waals surface area contributed by atoms with Crippen molar-refractivity contribution < 1.29 is 0 Å². The molecule has 1 nitrogen and oxygen atoms in total. The molecule has 14 heavy (non-hydrogen) atoms. The van der Waals surface area contributed by atoms with Gasteiger partial charge in [0.2, 0.25) is 0 Å². The Balaban J connectivity index is 1.96. The highest BCUT2D eigenvalue weighted by Gasteiger charge is 2.20. The summed E-state index contributed by atoms with van der Waals surface area (Å²) in [5.74, 6) is 0.817. The quantitative estimate of drug-likeness (QED) is 0.724. The summed E-state index contributed by atoms with van der Waals surface area (Å²) in [5.41, 5.74) is 8.68. The first kappa shape index (κ1) is 9.72. The van der Waals surface area contributed by atoms with Crippen molar-refractivity contribution in [2.75, 3.05) is 6.54 Å². The highest BCUT2D eigenvalue weighted by Crippen LogP contribution is 2.36. The van der Waals surface area contributed by atoms with E-state index in [0.717, 1.165) is 12.5 Å². The van der Waals surface area contributed by atoms with Crippen molar-refractivity contribution in [1.29, 1.82) is 0 Å². The van der Waals surface area contributed by atoms with Gasteiger partial charge >= 0.3 is 0 Å². The fourth-order valence-corrected chi connectivity index (χ4v) is 2.48. The first-order valence-electron chi connectivity index (χ1n) is 5.69. The molecular weight excluding hydrogens is 170 g/mol. The normalized spacial score (nSPS) is 19.6. The molecule has 76 valence electrons. The smallest absolute Gasteiger partial charge is 0.00773 e. The van der Waals surface area contributed by atoms with Crippen LogP contribution in [0.15, 0.2) is 24.3 Å². The molecule has 1 heteroatoms. The monoisotopic (exact) mass is 189 g/mol. The van der Waals surface area contributed by atoms with Gasteiger partial charge in [-0.25, -0.2) is 0 Å². The fourth-order valence-electron chi connectivity index (χ4n) is 2.48. The van der Waals surface area contributed by atoms with Crippen LogP contribution in [0.5, 0.6) is 0 Å².